The first-order chi connectivity index (χ1) is 14.4. The summed E-state index contributed by atoms with van der Waals surface area (Å²) in [4.78, 5) is 38.5. The minimum absolute atomic E-state index is 0.144. The molecule has 1 aliphatic heterocycles. The molecule has 0 aromatic heterocycles. The third kappa shape index (κ3) is 4.31. The lowest BCUT2D eigenvalue weighted by atomic mass is 10.1. The van der Waals surface area contributed by atoms with Crippen LogP contribution in [0.1, 0.15) is 18.1 Å². The average molecular weight is 405 g/mol. The molecular weight excluding hydrogens is 386 g/mol. The van der Waals surface area contributed by atoms with E-state index in [2.05, 4.69) is 5.32 Å². The molecule has 30 heavy (non-hydrogen) atoms. The van der Waals surface area contributed by atoms with E-state index in [4.69, 9.17) is 14.7 Å². The van der Waals surface area contributed by atoms with Crippen LogP contribution in [0.4, 0.5) is 10.5 Å². The number of amides is 4. The standard InChI is InChI=1S/C22H19N3O5/c1-3-29-19-13-15(6-9-18(19)30-11-10-23)12-17-20(26)24-22(28)25(21(17)27)16-7-4-14(2)5-8-16/h4-9,12-13H,3,11H2,1-2H3,(H,24,26,28)/b17-12+. The summed E-state index contributed by atoms with van der Waals surface area (Å²) < 4.78 is 10.8. The number of urea groups is 1. The van der Waals surface area contributed by atoms with Gasteiger partial charge in [0, 0.05) is 0 Å². The number of imide groups is 2. The molecule has 0 aliphatic carbocycles. The molecule has 1 heterocycles. The van der Waals surface area contributed by atoms with Crippen molar-refractivity contribution in [2.75, 3.05) is 18.1 Å². The van der Waals surface area contributed by atoms with E-state index in [0.29, 0.717) is 29.4 Å². The van der Waals surface area contributed by atoms with Crippen LogP contribution in [0.2, 0.25) is 0 Å². The number of anilines is 1. The van der Waals surface area contributed by atoms with E-state index in [-0.39, 0.29) is 12.2 Å². The molecule has 8 heteroatoms. The van der Waals surface area contributed by atoms with Gasteiger partial charge in [0.2, 0.25) is 0 Å². The number of carbonyl (C=O) groups excluding carboxylic acids is 3. The Balaban J connectivity index is 1.96. The molecule has 0 atom stereocenters. The Bertz CT molecular complexity index is 1070. The van der Waals surface area contributed by atoms with Crippen molar-refractivity contribution in [2.45, 2.75) is 13.8 Å². The van der Waals surface area contributed by atoms with Crippen LogP contribution >= 0.6 is 0 Å². The van der Waals surface area contributed by atoms with Crippen LogP contribution in [0.3, 0.4) is 0 Å². The van der Waals surface area contributed by atoms with Crippen LogP contribution in [0.15, 0.2) is 48.0 Å². The molecule has 0 saturated carbocycles. The summed E-state index contributed by atoms with van der Waals surface area (Å²) in [5, 5.41) is 10.9. The molecule has 1 saturated heterocycles. The van der Waals surface area contributed by atoms with Crippen molar-refractivity contribution in [1.29, 1.82) is 5.26 Å². The molecule has 1 aliphatic rings. The van der Waals surface area contributed by atoms with Gasteiger partial charge in [0.05, 0.1) is 12.3 Å². The number of nitrogens with zero attached hydrogens (tertiary/aromatic N) is 2. The fourth-order valence-corrected chi connectivity index (χ4v) is 2.86. The summed E-state index contributed by atoms with van der Waals surface area (Å²) in [5.41, 5.74) is 1.64. The molecule has 0 spiro atoms. The van der Waals surface area contributed by atoms with Crippen LogP contribution in [-0.2, 0) is 9.59 Å². The molecule has 152 valence electrons. The number of hydrogen-bond acceptors (Lipinski definition) is 6. The average Bonchev–Trinajstić information content (AvgIpc) is 2.72. The van der Waals surface area contributed by atoms with E-state index in [1.54, 1.807) is 49.4 Å². The smallest absolute Gasteiger partial charge is 0.335 e. The number of rotatable bonds is 6. The topological polar surface area (TPSA) is 109 Å². The number of benzene rings is 2. The van der Waals surface area contributed by atoms with E-state index in [1.165, 1.54) is 6.08 Å². The molecule has 8 nitrogen and oxygen atoms in total. The van der Waals surface area contributed by atoms with Gasteiger partial charge in [-0.25, -0.2) is 9.69 Å². The van der Waals surface area contributed by atoms with E-state index in [9.17, 15) is 14.4 Å². The molecule has 0 unspecified atom stereocenters. The minimum Gasteiger partial charge on any atom is -0.490 e. The largest absolute Gasteiger partial charge is 0.490 e. The van der Waals surface area contributed by atoms with Gasteiger partial charge in [0.25, 0.3) is 11.8 Å². The van der Waals surface area contributed by atoms with Crippen molar-refractivity contribution in [3.05, 3.63) is 59.2 Å². The Labute approximate surface area is 173 Å². The van der Waals surface area contributed by atoms with E-state index in [0.717, 1.165) is 10.5 Å². The van der Waals surface area contributed by atoms with Gasteiger partial charge < -0.3 is 9.47 Å². The fourth-order valence-electron chi connectivity index (χ4n) is 2.86. The van der Waals surface area contributed by atoms with Gasteiger partial charge in [0.1, 0.15) is 11.6 Å². The summed E-state index contributed by atoms with van der Waals surface area (Å²) in [6.07, 6.45) is 1.38. The van der Waals surface area contributed by atoms with Crippen molar-refractivity contribution in [3.63, 3.8) is 0 Å². The summed E-state index contributed by atoms with van der Waals surface area (Å²) in [7, 11) is 0. The highest BCUT2D eigenvalue weighted by Crippen LogP contribution is 2.30. The number of ether oxygens (including phenoxy) is 2. The lowest BCUT2D eigenvalue weighted by Gasteiger charge is -2.26. The number of nitriles is 1. The van der Waals surface area contributed by atoms with Crippen LogP contribution in [-0.4, -0.2) is 31.1 Å². The fraction of sp³-hybridized carbons (Fsp3) is 0.182. The minimum atomic E-state index is -0.804. The van der Waals surface area contributed by atoms with E-state index in [1.807, 2.05) is 13.0 Å². The normalized spacial score (nSPS) is 15.0. The van der Waals surface area contributed by atoms with Gasteiger partial charge in [-0.2, -0.15) is 5.26 Å². The van der Waals surface area contributed by atoms with Gasteiger partial charge in [-0.15, -0.1) is 0 Å². The lowest BCUT2D eigenvalue weighted by Crippen LogP contribution is -2.54. The molecule has 1 fully saturated rings. The number of nitrogens with one attached hydrogen (secondary N) is 1. The summed E-state index contributed by atoms with van der Waals surface area (Å²) in [5.74, 6) is -0.764. The highest BCUT2D eigenvalue weighted by Gasteiger charge is 2.36. The zero-order valence-electron chi connectivity index (χ0n) is 16.5. The van der Waals surface area contributed by atoms with Gasteiger partial charge in [-0.05, 0) is 49.8 Å². The zero-order valence-corrected chi connectivity index (χ0v) is 16.5. The number of barbiturate groups is 1. The van der Waals surface area contributed by atoms with Crippen LogP contribution in [0.5, 0.6) is 11.5 Å². The second-order valence-electron chi connectivity index (χ2n) is 6.38. The lowest BCUT2D eigenvalue weighted by molar-refractivity contribution is -0.122. The van der Waals surface area contributed by atoms with Crippen LogP contribution in [0, 0.1) is 18.3 Å². The Kier molecular flexibility index (Phi) is 6.13. The first-order valence-corrected chi connectivity index (χ1v) is 9.19. The summed E-state index contributed by atoms with van der Waals surface area (Å²) >= 11 is 0. The quantitative estimate of drug-likeness (QED) is 0.585. The first-order valence-electron chi connectivity index (χ1n) is 9.19. The number of hydrogen-bond donors (Lipinski definition) is 1. The van der Waals surface area contributed by atoms with Crippen LogP contribution < -0.4 is 19.7 Å². The Morgan fingerprint density at radius 2 is 1.80 bits per heavy atom. The second-order valence-corrected chi connectivity index (χ2v) is 6.38. The highest BCUT2D eigenvalue weighted by atomic mass is 16.5. The summed E-state index contributed by atoms with van der Waals surface area (Å²) in [6, 6.07) is 12.7. The van der Waals surface area contributed by atoms with Crippen molar-refractivity contribution < 1.29 is 23.9 Å². The zero-order chi connectivity index (χ0) is 21.7. The maximum atomic E-state index is 12.9. The Morgan fingerprint density at radius 1 is 1.07 bits per heavy atom. The molecule has 2 aromatic carbocycles. The van der Waals surface area contributed by atoms with Gasteiger partial charge in [-0.3, -0.25) is 14.9 Å². The SMILES string of the molecule is CCOc1cc(/C=C2\C(=O)NC(=O)N(c3ccc(C)cc3)C2=O)ccc1OCC#N. The third-order valence-corrected chi connectivity index (χ3v) is 4.26. The molecular formula is C22H19N3O5. The first kappa shape index (κ1) is 20.6. The highest BCUT2D eigenvalue weighted by molar-refractivity contribution is 6.39. The molecule has 0 radical (unpaired) electrons. The third-order valence-electron chi connectivity index (χ3n) is 4.26. The second kappa shape index (κ2) is 8.92. The maximum Gasteiger partial charge on any atom is 0.335 e. The predicted octanol–water partition coefficient (Wildman–Crippen LogP) is 2.96. The Hall–Kier alpha value is -4.12. The number of carbonyl (C=O) groups is 3. The molecule has 1 N–H and O–H groups in total. The van der Waals surface area contributed by atoms with E-state index < -0.39 is 17.8 Å². The van der Waals surface area contributed by atoms with Crippen LogP contribution in [0.25, 0.3) is 6.08 Å². The van der Waals surface area contributed by atoms with Gasteiger partial charge in [0.15, 0.2) is 18.1 Å². The molecule has 3 rings (SSSR count). The van der Waals surface area contributed by atoms with Gasteiger partial charge >= 0.3 is 6.03 Å². The summed E-state index contributed by atoms with van der Waals surface area (Å²) in [6.45, 7) is 3.89. The van der Waals surface area contributed by atoms with Gasteiger partial charge in [-0.1, -0.05) is 23.8 Å². The monoisotopic (exact) mass is 405 g/mol. The van der Waals surface area contributed by atoms with Crippen molar-refractivity contribution in [1.82, 2.24) is 5.32 Å². The predicted molar refractivity (Wildman–Crippen MR) is 109 cm³/mol. The molecule has 2 aromatic rings. The van der Waals surface area contributed by atoms with Crippen molar-refractivity contribution in [3.8, 4) is 17.6 Å². The van der Waals surface area contributed by atoms with Crippen molar-refractivity contribution in [2.24, 2.45) is 0 Å². The van der Waals surface area contributed by atoms with Crippen molar-refractivity contribution >= 4 is 29.6 Å². The maximum absolute atomic E-state index is 12.9. The van der Waals surface area contributed by atoms with E-state index >= 15 is 0 Å². The molecule has 0 bridgehead atoms. The molecule has 4 amide bonds. The Morgan fingerprint density at radius 3 is 2.47 bits per heavy atom. The number of aryl methyl sites for hydroxylation is 1.